The van der Waals surface area contributed by atoms with Crippen LogP contribution in [0.3, 0.4) is 0 Å². The molecule has 0 atom stereocenters. The standard InChI is InChI=1S/C24H32OS2.C2H6/c1-18(12-14-22-20(3)11-8-16-24(22,5)6)9-7-10-19(2)13-15-23(21(4)25)27-17-26;1-2/h7,9-10,12-15,17H,8,11,16H2,1-6H3;1-2H3/b10-7+,14-12+,18-9+,19-13+,23-15+;. The van der Waals surface area contributed by atoms with Crippen LogP contribution in [0.1, 0.15) is 74.7 Å². The lowest BCUT2D eigenvalue weighted by molar-refractivity contribution is -0.112. The Hall–Kier alpha value is -1.45. The molecule has 0 bridgehead atoms. The van der Waals surface area contributed by atoms with Gasteiger partial charge in [0.25, 0.3) is 0 Å². The lowest BCUT2D eigenvalue weighted by Gasteiger charge is -2.32. The van der Waals surface area contributed by atoms with Gasteiger partial charge in [0, 0.05) is 4.70 Å². The minimum atomic E-state index is 0.0326. The number of carbonyl (C=O) groups excluding carboxylic acids is 1. The van der Waals surface area contributed by atoms with E-state index in [1.54, 1.807) is 6.92 Å². The van der Waals surface area contributed by atoms with Crippen LogP contribution in [0, 0.1) is 5.41 Å². The first-order chi connectivity index (χ1) is 13.7. The van der Waals surface area contributed by atoms with E-state index in [9.17, 15) is 4.79 Å². The maximum atomic E-state index is 11.5. The van der Waals surface area contributed by atoms with Gasteiger partial charge in [-0.3, -0.25) is 4.79 Å². The normalized spacial score (nSPS) is 18.1. The number of thiocarbonyl (C=S) groups is 1. The summed E-state index contributed by atoms with van der Waals surface area (Å²) in [5, 5.41) is 0. The fourth-order valence-corrected chi connectivity index (χ4v) is 3.91. The minimum absolute atomic E-state index is 0.0326. The van der Waals surface area contributed by atoms with Crippen molar-refractivity contribution < 1.29 is 4.79 Å². The predicted molar refractivity (Wildman–Crippen MR) is 137 cm³/mol. The molecule has 0 radical (unpaired) electrons. The molecule has 0 spiro atoms. The topological polar surface area (TPSA) is 17.1 Å². The highest BCUT2D eigenvalue weighted by Gasteiger charge is 2.26. The Morgan fingerprint density at radius 1 is 1.03 bits per heavy atom. The van der Waals surface area contributed by atoms with Crippen molar-refractivity contribution in [2.24, 2.45) is 5.41 Å². The van der Waals surface area contributed by atoms with Gasteiger partial charge in [0.15, 0.2) is 5.78 Å². The summed E-state index contributed by atoms with van der Waals surface area (Å²) >= 11 is 6.09. The Morgan fingerprint density at radius 3 is 2.21 bits per heavy atom. The maximum Gasteiger partial charge on any atom is 0.166 e. The number of hydrogen-bond acceptors (Lipinski definition) is 3. The van der Waals surface area contributed by atoms with Gasteiger partial charge in [-0.25, -0.2) is 0 Å². The van der Waals surface area contributed by atoms with Crippen LogP contribution in [0.5, 0.6) is 0 Å². The summed E-state index contributed by atoms with van der Waals surface area (Å²) in [7, 11) is 0. The van der Waals surface area contributed by atoms with Gasteiger partial charge in [-0.1, -0.05) is 105 Å². The Bertz CT molecular complexity index is 741. The van der Waals surface area contributed by atoms with Gasteiger partial charge in [0.2, 0.25) is 0 Å². The molecule has 0 saturated heterocycles. The van der Waals surface area contributed by atoms with E-state index in [-0.39, 0.29) is 11.2 Å². The molecular weight excluding hydrogens is 392 g/mol. The summed E-state index contributed by atoms with van der Waals surface area (Å²) in [6, 6.07) is 0. The molecule has 160 valence electrons. The van der Waals surface area contributed by atoms with Crippen LogP contribution in [0.4, 0.5) is 0 Å². The number of hydrogen-bond donors (Lipinski definition) is 0. The van der Waals surface area contributed by atoms with Crippen molar-refractivity contribution >= 4 is 34.5 Å². The zero-order chi connectivity index (χ0) is 22.4. The van der Waals surface area contributed by atoms with E-state index < -0.39 is 0 Å². The van der Waals surface area contributed by atoms with Gasteiger partial charge in [-0.15, -0.1) is 0 Å². The minimum Gasteiger partial charge on any atom is -0.294 e. The summed E-state index contributed by atoms with van der Waals surface area (Å²) in [5.74, 6) is 0.0326. The smallest absolute Gasteiger partial charge is 0.166 e. The molecule has 0 aromatic rings. The highest BCUT2D eigenvalue weighted by atomic mass is 32.2. The van der Waals surface area contributed by atoms with Crippen molar-refractivity contribution in [3.8, 4) is 0 Å². The molecule has 0 saturated carbocycles. The van der Waals surface area contributed by atoms with Crippen LogP contribution in [0.2, 0.25) is 0 Å². The summed E-state index contributed by atoms with van der Waals surface area (Å²) in [6.07, 6.45) is 18.2. The lowest BCUT2D eigenvalue weighted by atomic mass is 9.72. The van der Waals surface area contributed by atoms with E-state index in [1.165, 1.54) is 52.4 Å². The Balaban J connectivity index is 0.00000379. The van der Waals surface area contributed by atoms with Crippen molar-refractivity contribution in [2.75, 3.05) is 0 Å². The van der Waals surface area contributed by atoms with Crippen LogP contribution < -0.4 is 0 Å². The number of thioether (sulfide) groups is 1. The molecule has 1 nitrogen and oxygen atoms in total. The lowest BCUT2D eigenvalue weighted by Crippen LogP contribution is -2.19. The third-order valence-electron chi connectivity index (χ3n) is 4.79. The quantitative estimate of drug-likeness (QED) is 0.218. The van der Waals surface area contributed by atoms with Crippen molar-refractivity contribution in [1.29, 1.82) is 0 Å². The zero-order valence-electron chi connectivity index (χ0n) is 19.5. The molecule has 0 fully saturated rings. The van der Waals surface area contributed by atoms with Crippen LogP contribution in [0.25, 0.3) is 0 Å². The highest BCUT2D eigenvalue weighted by Crippen LogP contribution is 2.40. The fraction of sp³-hybridized carbons (Fsp3) is 0.462. The third-order valence-corrected chi connectivity index (χ3v) is 5.86. The largest absolute Gasteiger partial charge is 0.294 e. The molecule has 0 aromatic carbocycles. The predicted octanol–water partition coefficient (Wildman–Crippen LogP) is 8.71. The van der Waals surface area contributed by atoms with Crippen LogP contribution >= 0.6 is 24.0 Å². The molecule has 0 heterocycles. The monoisotopic (exact) mass is 430 g/mol. The summed E-state index contributed by atoms with van der Waals surface area (Å²) in [4.78, 5) is 12.2. The average molecular weight is 431 g/mol. The van der Waals surface area contributed by atoms with E-state index in [0.29, 0.717) is 4.91 Å². The molecule has 0 aromatic heterocycles. The van der Waals surface area contributed by atoms with Gasteiger partial charge in [0.1, 0.15) is 0 Å². The van der Waals surface area contributed by atoms with Gasteiger partial charge in [0.05, 0.1) is 4.91 Å². The van der Waals surface area contributed by atoms with E-state index in [2.05, 4.69) is 45.9 Å². The van der Waals surface area contributed by atoms with Crippen LogP contribution in [-0.4, -0.2) is 10.5 Å². The first-order valence-corrected chi connectivity index (χ1v) is 11.8. The second kappa shape index (κ2) is 14.5. The molecule has 1 aliphatic carbocycles. The average Bonchev–Trinajstić information content (AvgIpc) is 2.65. The highest BCUT2D eigenvalue weighted by molar-refractivity contribution is 8.23. The van der Waals surface area contributed by atoms with E-state index >= 15 is 0 Å². The van der Waals surface area contributed by atoms with Gasteiger partial charge in [-0.2, -0.15) is 0 Å². The van der Waals surface area contributed by atoms with E-state index in [4.69, 9.17) is 12.2 Å². The molecule has 0 aliphatic heterocycles. The number of allylic oxidation sites excluding steroid dienone is 12. The van der Waals surface area contributed by atoms with E-state index in [0.717, 1.165) is 5.57 Å². The van der Waals surface area contributed by atoms with E-state index in [1.807, 2.05) is 45.1 Å². The van der Waals surface area contributed by atoms with Crippen LogP contribution in [0.15, 0.2) is 69.7 Å². The van der Waals surface area contributed by atoms with Crippen molar-refractivity contribution in [3.05, 3.63) is 69.7 Å². The van der Waals surface area contributed by atoms with Gasteiger partial charge in [-0.05, 0) is 64.0 Å². The molecular formula is C26H38OS2. The first-order valence-electron chi connectivity index (χ1n) is 10.4. The molecule has 0 amide bonds. The molecule has 1 aliphatic rings. The van der Waals surface area contributed by atoms with Gasteiger partial charge >= 0.3 is 0 Å². The number of Topliss-reactive ketones (excluding diaryl/α,β-unsaturated/α-hetero) is 1. The SMILES string of the molecule is CC.CC(=O)\C(=C/C=C(C)/C=C/C=C(C)/C=C/C1=C(C)CCCC1(C)C)SC=S. The molecule has 0 N–H and O–H groups in total. The van der Waals surface area contributed by atoms with Crippen molar-refractivity contribution in [2.45, 2.75) is 74.7 Å². The second-order valence-corrected chi connectivity index (χ2v) is 9.19. The molecule has 0 unspecified atom stereocenters. The van der Waals surface area contributed by atoms with Gasteiger partial charge < -0.3 is 0 Å². The molecule has 3 heteroatoms. The number of rotatable bonds is 8. The van der Waals surface area contributed by atoms with Crippen molar-refractivity contribution in [3.63, 3.8) is 0 Å². The van der Waals surface area contributed by atoms with Crippen LogP contribution in [-0.2, 0) is 4.79 Å². The Kier molecular flexibility index (Phi) is 13.8. The summed E-state index contributed by atoms with van der Waals surface area (Å²) in [5.41, 5.74) is 5.58. The summed E-state index contributed by atoms with van der Waals surface area (Å²) < 4.78 is 1.51. The second-order valence-electron chi connectivity index (χ2n) is 7.75. The first kappa shape index (κ1) is 27.5. The number of ketones is 1. The molecule has 1 rings (SSSR count). The zero-order valence-corrected chi connectivity index (χ0v) is 21.1. The number of carbonyl (C=O) groups is 1. The third kappa shape index (κ3) is 10.8. The Morgan fingerprint density at radius 2 is 1.66 bits per heavy atom. The fourth-order valence-electron chi connectivity index (χ4n) is 3.19. The summed E-state index contributed by atoms with van der Waals surface area (Å²) in [6.45, 7) is 16.6. The molecule has 29 heavy (non-hydrogen) atoms. The maximum absolute atomic E-state index is 11.5. The van der Waals surface area contributed by atoms with Crippen molar-refractivity contribution in [1.82, 2.24) is 0 Å². The Labute approximate surface area is 188 Å².